The lowest BCUT2D eigenvalue weighted by molar-refractivity contribution is 0.216. The van der Waals surface area contributed by atoms with Crippen molar-refractivity contribution < 1.29 is 13.9 Å². The first-order valence-electron chi connectivity index (χ1n) is 7.62. The van der Waals surface area contributed by atoms with Crippen LogP contribution >= 0.6 is 29.7 Å². The molecule has 23 heavy (non-hydrogen) atoms. The molecular weight excluding hydrogens is 355 g/mol. The van der Waals surface area contributed by atoms with Crippen LogP contribution in [0, 0.1) is 0 Å². The van der Waals surface area contributed by atoms with Gasteiger partial charge in [-0.05, 0) is 30.3 Å². The van der Waals surface area contributed by atoms with Gasteiger partial charge in [0.15, 0.2) is 0 Å². The highest BCUT2D eigenvalue weighted by atomic mass is 35.5. The van der Waals surface area contributed by atoms with Crippen LogP contribution in [-0.4, -0.2) is 35.5 Å². The molecule has 0 heterocycles. The van der Waals surface area contributed by atoms with E-state index in [0.717, 1.165) is 12.0 Å². The number of hydrogen-bond acceptors (Lipinski definition) is 4. The van der Waals surface area contributed by atoms with Crippen LogP contribution in [0.15, 0.2) is 30.3 Å². The Labute approximate surface area is 147 Å². The molecule has 1 aromatic carbocycles. The van der Waals surface area contributed by atoms with E-state index in [0.29, 0.717) is 12.3 Å². The van der Waals surface area contributed by atoms with E-state index in [1.807, 2.05) is 37.3 Å². The number of carbonyl (C=O) groups excluding carboxylic acids is 1. The van der Waals surface area contributed by atoms with Gasteiger partial charge in [-0.2, -0.15) is 0 Å². The summed E-state index contributed by atoms with van der Waals surface area (Å²) in [6.45, 7) is 1.29. The molecule has 0 aliphatic rings. The van der Waals surface area contributed by atoms with Crippen molar-refractivity contribution in [2.75, 3.05) is 24.8 Å². The minimum atomic E-state index is -3.29. The molecule has 0 aliphatic carbocycles. The van der Waals surface area contributed by atoms with Gasteiger partial charge in [0.05, 0.1) is 6.61 Å². The molecule has 0 saturated heterocycles. The van der Waals surface area contributed by atoms with Crippen LogP contribution in [0.4, 0.5) is 4.79 Å². The maximum atomic E-state index is 13.1. The van der Waals surface area contributed by atoms with Gasteiger partial charge in [-0.15, -0.1) is 11.6 Å². The number of amides is 2. The summed E-state index contributed by atoms with van der Waals surface area (Å²) in [5.41, 5.74) is 0.971. The topological polar surface area (TPSA) is 58.6 Å². The molecule has 2 amide bonds. The van der Waals surface area contributed by atoms with Gasteiger partial charge in [0.1, 0.15) is 0 Å². The number of nitrogens with zero attached hydrogens (tertiary/aromatic N) is 1. The molecule has 0 aliphatic heterocycles. The number of urea groups is 1. The molecule has 1 atom stereocenters. The SMILES string of the molecule is CCCSP(=O)(OCC)N(CCCl)C(=O)NCc1ccccc1. The zero-order valence-corrected chi connectivity index (χ0v) is 16.0. The van der Waals surface area contributed by atoms with Crippen LogP contribution in [0.3, 0.4) is 0 Å². The predicted molar refractivity (Wildman–Crippen MR) is 98.1 cm³/mol. The van der Waals surface area contributed by atoms with E-state index in [4.69, 9.17) is 16.1 Å². The maximum Gasteiger partial charge on any atom is 0.357 e. The lowest BCUT2D eigenvalue weighted by Gasteiger charge is -2.29. The summed E-state index contributed by atoms with van der Waals surface area (Å²) in [4.78, 5) is 12.5. The van der Waals surface area contributed by atoms with Gasteiger partial charge in [-0.3, -0.25) is 4.57 Å². The van der Waals surface area contributed by atoms with Crippen LogP contribution in [-0.2, 0) is 15.6 Å². The molecule has 1 rings (SSSR count). The minimum absolute atomic E-state index is 0.177. The van der Waals surface area contributed by atoms with Crippen LogP contribution < -0.4 is 5.32 Å². The normalized spacial score (nSPS) is 13.3. The summed E-state index contributed by atoms with van der Waals surface area (Å²) in [7, 11) is 0. The van der Waals surface area contributed by atoms with Gasteiger partial charge < -0.3 is 9.84 Å². The summed E-state index contributed by atoms with van der Waals surface area (Å²) in [6, 6.07) is 9.13. The molecule has 0 fully saturated rings. The summed E-state index contributed by atoms with van der Waals surface area (Å²) >= 11 is 6.98. The highest BCUT2D eigenvalue weighted by molar-refractivity contribution is 8.56. The van der Waals surface area contributed by atoms with Gasteiger partial charge in [0, 0.05) is 24.7 Å². The first kappa shape index (κ1) is 20.4. The molecule has 0 radical (unpaired) electrons. The van der Waals surface area contributed by atoms with Gasteiger partial charge in [0.2, 0.25) is 0 Å². The standard InChI is InChI=1S/C15H24ClN2O3PS/c1-3-12-23-22(20,21-4-2)18(11-10-16)15(19)17-13-14-8-6-5-7-9-14/h5-9H,3-4,10-13H2,1-2H3,(H,17,19). The lowest BCUT2D eigenvalue weighted by atomic mass is 10.2. The second-order valence-electron chi connectivity index (χ2n) is 4.68. The van der Waals surface area contributed by atoms with Crippen molar-refractivity contribution >= 4 is 35.7 Å². The molecule has 1 aromatic rings. The predicted octanol–water partition coefficient (Wildman–Crippen LogP) is 4.72. The number of nitrogens with one attached hydrogen (secondary N) is 1. The van der Waals surface area contributed by atoms with Crippen LogP contribution in [0.25, 0.3) is 0 Å². The molecule has 1 N–H and O–H groups in total. The third-order valence-corrected chi connectivity index (χ3v) is 7.94. The fraction of sp³-hybridized carbons (Fsp3) is 0.533. The summed E-state index contributed by atoms with van der Waals surface area (Å²) < 4.78 is 19.7. The second kappa shape index (κ2) is 11.0. The minimum Gasteiger partial charge on any atom is -0.334 e. The largest absolute Gasteiger partial charge is 0.357 e. The van der Waals surface area contributed by atoms with Crippen molar-refractivity contribution in [1.82, 2.24) is 9.99 Å². The van der Waals surface area contributed by atoms with Crippen molar-refractivity contribution in [2.45, 2.75) is 26.8 Å². The Morgan fingerprint density at radius 2 is 2.04 bits per heavy atom. The Hall–Kier alpha value is -0.680. The smallest absolute Gasteiger partial charge is 0.334 e. The Morgan fingerprint density at radius 1 is 1.35 bits per heavy atom. The van der Waals surface area contributed by atoms with E-state index < -0.39 is 12.8 Å². The molecular formula is C15H24ClN2O3PS. The van der Waals surface area contributed by atoms with Gasteiger partial charge in [0.25, 0.3) is 0 Å². The summed E-state index contributed by atoms with van der Waals surface area (Å²) in [5.74, 6) is 0.852. The number of hydrogen-bond donors (Lipinski definition) is 1. The summed E-state index contributed by atoms with van der Waals surface area (Å²) in [5, 5.41) is 2.79. The second-order valence-corrected chi connectivity index (χ2v) is 9.56. The number of alkyl halides is 1. The third kappa shape index (κ3) is 6.76. The van der Waals surface area contributed by atoms with E-state index in [9.17, 15) is 9.36 Å². The highest BCUT2D eigenvalue weighted by Crippen LogP contribution is 2.62. The molecule has 0 aromatic heterocycles. The monoisotopic (exact) mass is 378 g/mol. The molecule has 130 valence electrons. The molecule has 1 unspecified atom stereocenters. The average molecular weight is 379 g/mol. The number of carbonyl (C=O) groups is 1. The van der Waals surface area contributed by atoms with Crippen LogP contribution in [0.1, 0.15) is 25.8 Å². The van der Waals surface area contributed by atoms with E-state index in [-0.39, 0.29) is 19.0 Å². The first-order valence-corrected chi connectivity index (χ1v) is 11.3. The molecule has 0 spiro atoms. The fourth-order valence-electron chi connectivity index (χ4n) is 1.83. The number of rotatable bonds is 10. The quantitative estimate of drug-likeness (QED) is 0.472. The Morgan fingerprint density at radius 3 is 2.61 bits per heavy atom. The fourth-order valence-corrected chi connectivity index (χ4v) is 6.51. The van der Waals surface area contributed by atoms with Crippen molar-refractivity contribution in [3.05, 3.63) is 35.9 Å². The van der Waals surface area contributed by atoms with Crippen LogP contribution in [0.2, 0.25) is 0 Å². The third-order valence-electron chi connectivity index (χ3n) is 2.86. The van der Waals surface area contributed by atoms with E-state index in [1.165, 1.54) is 16.1 Å². The van der Waals surface area contributed by atoms with Gasteiger partial charge in [-0.1, -0.05) is 37.3 Å². The number of halogens is 1. The molecule has 8 heteroatoms. The highest BCUT2D eigenvalue weighted by Gasteiger charge is 2.35. The Balaban J connectivity index is 2.80. The van der Waals surface area contributed by atoms with Crippen molar-refractivity contribution in [1.29, 1.82) is 0 Å². The van der Waals surface area contributed by atoms with Crippen LogP contribution in [0.5, 0.6) is 0 Å². The lowest BCUT2D eigenvalue weighted by Crippen LogP contribution is -2.38. The van der Waals surface area contributed by atoms with Crippen molar-refractivity contribution in [2.24, 2.45) is 0 Å². The number of benzene rings is 1. The zero-order valence-electron chi connectivity index (χ0n) is 13.5. The summed E-state index contributed by atoms with van der Waals surface area (Å²) in [6.07, 6.45) is 0.849. The van der Waals surface area contributed by atoms with E-state index in [1.54, 1.807) is 6.92 Å². The van der Waals surface area contributed by atoms with Crippen molar-refractivity contribution in [3.8, 4) is 0 Å². The van der Waals surface area contributed by atoms with Gasteiger partial charge >= 0.3 is 12.8 Å². The molecule has 0 bridgehead atoms. The van der Waals surface area contributed by atoms with E-state index >= 15 is 0 Å². The maximum absolute atomic E-state index is 13.1. The average Bonchev–Trinajstić information content (AvgIpc) is 2.57. The molecule has 5 nitrogen and oxygen atoms in total. The Kier molecular flexibility index (Phi) is 9.72. The zero-order chi connectivity index (χ0) is 17.1. The Bertz CT molecular complexity index is 519. The molecule has 0 saturated carbocycles. The van der Waals surface area contributed by atoms with Gasteiger partial charge in [-0.25, -0.2) is 9.46 Å². The van der Waals surface area contributed by atoms with Crippen molar-refractivity contribution in [3.63, 3.8) is 0 Å². The first-order chi connectivity index (χ1) is 11.1. The van der Waals surface area contributed by atoms with E-state index in [2.05, 4.69) is 5.32 Å².